The number of aromatic nitrogens is 3. The molecule has 1 saturated carbocycles. The van der Waals surface area contributed by atoms with Gasteiger partial charge in [0.15, 0.2) is 5.16 Å². The van der Waals surface area contributed by atoms with Crippen LogP contribution in [-0.4, -0.2) is 14.8 Å². The van der Waals surface area contributed by atoms with Gasteiger partial charge in [0.05, 0.1) is 0 Å². The molecule has 4 nitrogen and oxygen atoms in total. The number of hydrogen-bond donors (Lipinski definition) is 1. The topological polar surface area (TPSA) is 50.7 Å². The van der Waals surface area contributed by atoms with Crippen LogP contribution in [0.2, 0.25) is 5.02 Å². The molecule has 1 aromatic carbocycles. The largest absolute Gasteiger partial charge is 0.344 e. The predicted octanol–water partition coefficient (Wildman–Crippen LogP) is 2.99. The number of aromatic amines is 1. The third-order valence-electron chi connectivity index (χ3n) is 2.99. The molecule has 0 bridgehead atoms. The van der Waals surface area contributed by atoms with Gasteiger partial charge < -0.3 is 0 Å². The lowest BCUT2D eigenvalue weighted by Crippen LogP contribution is -2.16. The maximum absolute atomic E-state index is 13.6. The highest BCUT2D eigenvalue weighted by molar-refractivity contribution is 7.98. The molecule has 1 N–H and O–H groups in total. The van der Waals surface area contributed by atoms with Crippen molar-refractivity contribution in [2.75, 3.05) is 0 Å². The van der Waals surface area contributed by atoms with E-state index in [1.54, 1.807) is 16.7 Å². The number of benzene rings is 1. The molecule has 0 aliphatic heterocycles. The summed E-state index contributed by atoms with van der Waals surface area (Å²) in [7, 11) is 0. The van der Waals surface area contributed by atoms with Gasteiger partial charge in [0, 0.05) is 22.4 Å². The highest BCUT2D eigenvalue weighted by Gasteiger charge is 2.28. The van der Waals surface area contributed by atoms with Crippen LogP contribution in [0, 0.1) is 5.82 Å². The number of nitrogens with one attached hydrogen (secondary N) is 1. The molecule has 1 aliphatic carbocycles. The van der Waals surface area contributed by atoms with Gasteiger partial charge in [-0.15, -0.1) is 5.10 Å². The molecular weight excluding hydrogens is 289 g/mol. The van der Waals surface area contributed by atoms with E-state index in [0.717, 1.165) is 12.8 Å². The molecule has 2 aromatic rings. The minimum absolute atomic E-state index is 0.204. The van der Waals surface area contributed by atoms with Gasteiger partial charge >= 0.3 is 5.69 Å². The van der Waals surface area contributed by atoms with Crippen LogP contribution in [0.4, 0.5) is 4.39 Å². The van der Waals surface area contributed by atoms with Gasteiger partial charge in [0.2, 0.25) is 0 Å². The number of nitrogens with zero attached hydrogens (tertiary/aromatic N) is 2. The second-order valence-corrected chi connectivity index (χ2v) is 5.75. The summed E-state index contributed by atoms with van der Waals surface area (Å²) in [6.07, 6.45) is 1.99. The molecule has 19 heavy (non-hydrogen) atoms. The van der Waals surface area contributed by atoms with Crippen molar-refractivity contribution in [2.24, 2.45) is 0 Å². The molecule has 0 atom stereocenters. The molecule has 100 valence electrons. The first kappa shape index (κ1) is 12.7. The summed E-state index contributed by atoms with van der Waals surface area (Å²) in [6, 6.07) is 4.84. The first-order valence-corrected chi connectivity index (χ1v) is 7.26. The molecular formula is C12H11ClFN3OS. The van der Waals surface area contributed by atoms with Gasteiger partial charge in [-0.2, -0.15) is 0 Å². The van der Waals surface area contributed by atoms with Crippen molar-refractivity contribution in [3.8, 4) is 0 Å². The Morgan fingerprint density at radius 1 is 1.53 bits per heavy atom. The lowest BCUT2D eigenvalue weighted by Gasteiger charge is -2.06. The average molecular weight is 300 g/mol. The Hall–Kier alpha value is -1.27. The van der Waals surface area contributed by atoms with Crippen LogP contribution in [0.1, 0.15) is 24.4 Å². The number of H-pyrrole nitrogens is 1. The van der Waals surface area contributed by atoms with E-state index in [4.69, 9.17) is 11.6 Å². The fourth-order valence-corrected chi connectivity index (χ4v) is 3.21. The SMILES string of the molecule is O=c1[nH]nc(SCc2c(F)cccc2Cl)n1C1CC1. The molecule has 0 unspecified atom stereocenters. The maximum Gasteiger partial charge on any atom is 0.344 e. The predicted molar refractivity (Wildman–Crippen MR) is 72.1 cm³/mol. The Morgan fingerprint density at radius 3 is 3.00 bits per heavy atom. The second-order valence-electron chi connectivity index (χ2n) is 4.40. The van der Waals surface area contributed by atoms with Gasteiger partial charge in [-0.3, -0.25) is 4.57 Å². The first-order chi connectivity index (χ1) is 9.16. The van der Waals surface area contributed by atoms with E-state index < -0.39 is 0 Å². The molecule has 1 aliphatic rings. The number of rotatable bonds is 4. The molecule has 1 fully saturated rings. The van der Waals surface area contributed by atoms with E-state index in [-0.39, 0.29) is 17.5 Å². The first-order valence-electron chi connectivity index (χ1n) is 5.89. The minimum Gasteiger partial charge on any atom is -0.267 e. The van der Waals surface area contributed by atoms with Crippen molar-refractivity contribution in [3.05, 3.63) is 45.1 Å². The minimum atomic E-state index is -0.337. The van der Waals surface area contributed by atoms with E-state index in [9.17, 15) is 9.18 Å². The number of hydrogen-bond acceptors (Lipinski definition) is 3. The van der Waals surface area contributed by atoms with E-state index >= 15 is 0 Å². The van der Waals surface area contributed by atoms with E-state index in [1.807, 2.05) is 0 Å². The zero-order valence-corrected chi connectivity index (χ0v) is 11.5. The van der Waals surface area contributed by atoms with Gasteiger partial charge in [-0.1, -0.05) is 29.4 Å². The van der Waals surface area contributed by atoms with Crippen LogP contribution in [0.3, 0.4) is 0 Å². The normalized spacial score (nSPS) is 14.8. The standard InChI is InChI=1S/C12H11ClFN3OS/c13-9-2-1-3-10(14)8(9)6-19-12-16-15-11(18)17(12)7-4-5-7/h1-3,7H,4-6H2,(H,15,18). The van der Waals surface area contributed by atoms with Crippen molar-refractivity contribution >= 4 is 23.4 Å². The third kappa shape index (κ3) is 2.55. The molecule has 3 rings (SSSR count). The van der Waals surface area contributed by atoms with Crippen LogP contribution in [-0.2, 0) is 5.75 Å². The molecule has 1 heterocycles. The highest BCUT2D eigenvalue weighted by atomic mass is 35.5. The van der Waals surface area contributed by atoms with E-state index in [0.29, 0.717) is 21.5 Å². The van der Waals surface area contributed by atoms with E-state index in [2.05, 4.69) is 10.2 Å². The molecule has 0 radical (unpaired) electrons. The summed E-state index contributed by atoms with van der Waals surface area (Å²) >= 11 is 7.28. The van der Waals surface area contributed by atoms with E-state index in [1.165, 1.54) is 17.8 Å². The summed E-state index contributed by atoms with van der Waals surface area (Å²) in [6.45, 7) is 0. The molecule has 7 heteroatoms. The average Bonchev–Trinajstić information content (AvgIpc) is 3.14. The van der Waals surface area contributed by atoms with Gasteiger partial charge in [-0.05, 0) is 25.0 Å². The van der Waals surface area contributed by atoms with Crippen LogP contribution in [0.15, 0.2) is 28.2 Å². The van der Waals surface area contributed by atoms with Crippen molar-refractivity contribution < 1.29 is 4.39 Å². The van der Waals surface area contributed by atoms with Gasteiger partial charge in [0.25, 0.3) is 0 Å². The molecule has 0 saturated heterocycles. The summed E-state index contributed by atoms with van der Waals surface area (Å²) in [5.41, 5.74) is 0.233. The smallest absolute Gasteiger partial charge is 0.267 e. The summed E-state index contributed by atoms with van der Waals surface area (Å²) in [4.78, 5) is 11.6. The zero-order chi connectivity index (χ0) is 13.4. The third-order valence-corrected chi connectivity index (χ3v) is 4.32. The fourth-order valence-electron chi connectivity index (χ4n) is 1.85. The lowest BCUT2D eigenvalue weighted by molar-refractivity contribution is 0.616. The number of thioether (sulfide) groups is 1. The summed E-state index contributed by atoms with van der Waals surface area (Å²) in [5, 5.41) is 7.39. The molecule has 0 spiro atoms. The van der Waals surface area contributed by atoms with Crippen molar-refractivity contribution in [3.63, 3.8) is 0 Å². The Balaban J connectivity index is 1.81. The zero-order valence-electron chi connectivity index (χ0n) is 9.90. The summed E-state index contributed by atoms with van der Waals surface area (Å²) in [5.74, 6) is 0.0126. The maximum atomic E-state index is 13.6. The highest BCUT2D eigenvalue weighted by Crippen LogP contribution is 2.37. The fraction of sp³-hybridized carbons (Fsp3) is 0.333. The van der Waals surface area contributed by atoms with Crippen LogP contribution < -0.4 is 5.69 Å². The van der Waals surface area contributed by atoms with Crippen LogP contribution >= 0.6 is 23.4 Å². The lowest BCUT2D eigenvalue weighted by atomic mass is 10.2. The monoisotopic (exact) mass is 299 g/mol. The quantitative estimate of drug-likeness (QED) is 0.883. The Kier molecular flexibility index (Phi) is 3.36. The van der Waals surface area contributed by atoms with Gasteiger partial charge in [-0.25, -0.2) is 14.3 Å². The van der Waals surface area contributed by atoms with Crippen molar-refractivity contribution in [1.29, 1.82) is 0 Å². The van der Waals surface area contributed by atoms with Crippen LogP contribution in [0.25, 0.3) is 0 Å². The second kappa shape index (κ2) is 5.02. The van der Waals surface area contributed by atoms with Crippen molar-refractivity contribution in [2.45, 2.75) is 29.8 Å². The van der Waals surface area contributed by atoms with Crippen molar-refractivity contribution in [1.82, 2.24) is 14.8 Å². The Labute approximate surface area is 118 Å². The van der Waals surface area contributed by atoms with Gasteiger partial charge in [0.1, 0.15) is 5.82 Å². The summed E-state index contributed by atoms with van der Waals surface area (Å²) < 4.78 is 15.3. The Bertz CT molecular complexity index is 645. The van der Waals surface area contributed by atoms with Crippen LogP contribution in [0.5, 0.6) is 0 Å². The molecule has 1 aromatic heterocycles. The Morgan fingerprint density at radius 2 is 2.32 bits per heavy atom. The molecule has 0 amide bonds. The number of halogens is 2.